The fourth-order valence-corrected chi connectivity index (χ4v) is 3.72. The van der Waals surface area contributed by atoms with E-state index in [1.807, 2.05) is 12.3 Å². The van der Waals surface area contributed by atoms with Crippen molar-refractivity contribution in [1.29, 1.82) is 0 Å². The fourth-order valence-electron chi connectivity index (χ4n) is 3.72. The van der Waals surface area contributed by atoms with Crippen LogP contribution in [0.25, 0.3) is 0 Å². The topological polar surface area (TPSA) is 33.2 Å². The lowest BCUT2D eigenvalue weighted by Crippen LogP contribution is -2.30. The van der Waals surface area contributed by atoms with E-state index in [9.17, 15) is 4.79 Å². The molecule has 3 nitrogen and oxygen atoms in total. The summed E-state index contributed by atoms with van der Waals surface area (Å²) in [6.07, 6.45) is 18.3. The molecule has 2 heterocycles. The molecule has 1 amide bonds. The van der Waals surface area contributed by atoms with Crippen molar-refractivity contribution in [2.24, 2.45) is 0 Å². The third-order valence-corrected chi connectivity index (χ3v) is 5.14. The lowest BCUT2D eigenvalue weighted by Gasteiger charge is -2.25. The first-order chi connectivity index (χ1) is 11.8. The maximum Gasteiger partial charge on any atom is 0.223 e. The molecule has 1 atom stereocenters. The molecular weight excluding hydrogens is 296 g/mol. The fraction of sp³-hybridized carbons (Fsp3) is 0.714. The number of rotatable bonds is 11. The summed E-state index contributed by atoms with van der Waals surface area (Å²) >= 11 is 0. The SMILES string of the molecule is CCCCCCCCCCCC(=O)N1CCCC1c1cccnc1. The maximum atomic E-state index is 12.5. The Balaban J connectivity index is 1.60. The van der Waals surface area contributed by atoms with Gasteiger partial charge in [0.05, 0.1) is 6.04 Å². The molecule has 1 aliphatic rings. The van der Waals surface area contributed by atoms with Crippen molar-refractivity contribution in [2.75, 3.05) is 6.54 Å². The number of nitrogens with zero attached hydrogens (tertiary/aromatic N) is 2. The van der Waals surface area contributed by atoms with Gasteiger partial charge in [-0.15, -0.1) is 0 Å². The standard InChI is InChI=1S/C21H34N2O/c1-2-3-4-5-6-7-8-9-10-15-21(24)23-17-12-14-20(23)19-13-11-16-22-18-19/h11,13,16,18,20H,2-10,12,14-15,17H2,1H3. The molecule has 0 aromatic carbocycles. The van der Waals surface area contributed by atoms with Gasteiger partial charge in [0.1, 0.15) is 0 Å². The Hall–Kier alpha value is -1.38. The largest absolute Gasteiger partial charge is 0.336 e. The first-order valence-corrected chi connectivity index (χ1v) is 10.0. The second kappa shape index (κ2) is 11.2. The quantitative estimate of drug-likeness (QED) is 0.490. The highest BCUT2D eigenvalue weighted by atomic mass is 16.2. The normalized spacial score (nSPS) is 17.4. The molecule has 2 rings (SSSR count). The molecule has 1 aromatic rings. The van der Waals surface area contributed by atoms with Crippen LogP contribution in [0.15, 0.2) is 24.5 Å². The van der Waals surface area contributed by atoms with Gasteiger partial charge in [-0.05, 0) is 30.9 Å². The van der Waals surface area contributed by atoms with E-state index in [0.29, 0.717) is 12.3 Å². The molecule has 0 bridgehead atoms. The van der Waals surface area contributed by atoms with E-state index in [2.05, 4.69) is 22.9 Å². The second-order valence-electron chi connectivity index (χ2n) is 7.11. The first kappa shape index (κ1) is 19.0. The Labute approximate surface area is 147 Å². The van der Waals surface area contributed by atoms with Crippen molar-refractivity contribution < 1.29 is 4.79 Å². The molecule has 1 unspecified atom stereocenters. The number of aromatic nitrogens is 1. The van der Waals surface area contributed by atoms with Gasteiger partial charge < -0.3 is 4.90 Å². The minimum atomic E-state index is 0.254. The summed E-state index contributed by atoms with van der Waals surface area (Å²) in [6.45, 7) is 3.17. The molecule has 1 aliphatic heterocycles. The average Bonchev–Trinajstić information content (AvgIpc) is 3.11. The number of hydrogen-bond acceptors (Lipinski definition) is 2. The molecule has 0 saturated carbocycles. The van der Waals surface area contributed by atoms with Crippen LogP contribution in [0.2, 0.25) is 0 Å². The zero-order valence-corrected chi connectivity index (χ0v) is 15.4. The van der Waals surface area contributed by atoms with Crippen molar-refractivity contribution >= 4 is 5.91 Å². The molecule has 0 radical (unpaired) electrons. The zero-order chi connectivity index (χ0) is 17.0. The number of likely N-dealkylation sites (tertiary alicyclic amines) is 1. The lowest BCUT2D eigenvalue weighted by atomic mass is 10.0. The molecule has 1 saturated heterocycles. The van der Waals surface area contributed by atoms with Crippen molar-refractivity contribution in [3.63, 3.8) is 0 Å². The summed E-state index contributed by atoms with van der Waals surface area (Å²) in [4.78, 5) is 18.8. The average molecular weight is 331 g/mol. The number of amides is 1. The Morgan fingerprint density at radius 2 is 1.83 bits per heavy atom. The van der Waals surface area contributed by atoms with Crippen LogP contribution in [-0.4, -0.2) is 22.3 Å². The van der Waals surface area contributed by atoms with Crippen LogP contribution < -0.4 is 0 Å². The number of unbranched alkanes of at least 4 members (excludes halogenated alkanes) is 8. The molecule has 0 aliphatic carbocycles. The van der Waals surface area contributed by atoms with Gasteiger partial charge in [0.15, 0.2) is 0 Å². The van der Waals surface area contributed by atoms with Gasteiger partial charge in [-0.2, -0.15) is 0 Å². The Morgan fingerprint density at radius 1 is 1.12 bits per heavy atom. The summed E-state index contributed by atoms with van der Waals surface area (Å²) in [5.74, 6) is 0.337. The van der Waals surface area contributed by atoms with Gasteiger partial charge in [-0.25, -0.2) is 0 Å². The summed E-state index contributed by atoms with van der Waals surface area (Å²) in [6, 6.07) is 4.32. The highest BCUT2D eigenvalue weighted by Crippen LogP contribution is 2.32. The van der Waals surface area contributed by atoms with Gasteiger partial charge in [0, 0.05) is 25.4 Å². The van der Waals surface area contributed by atoms with Crippen molar-refractivity contribution in [1.82, 2.24) is 9.88 Å². The summed E-state index contributed by atoms with van der Waals surface area (Å²) in [5.41, 5.74) is 1.19. The van der Waals surface area contributed by atoms with Crippen LogP contribution in [0.1, 0.15) is 95.6 Å². The monoisotopic (exact) mass is 330 g/mol. The van der Waals surface area contributed by atoms with E-state index >= 15 is 0 Å². The predicted molar refractivity (Wildman–Crippen MR) is 99.8 cm³/mol. The van der Waals surface area contributed by atoms with Crippen LogP contribution in [-0.2, 0) is 4.79 Å². The Kier molecular flexibility index (Phi) is 8.86. The van der Waals surface area contributed by atoms with E-state index < -0.39 is 0 Å². The number of pyridine rings is 1. The number of carbonyl (C=O) groups excluding carboxylic acids is 1. The third kappa shape index (κ3) is 6.26. The minimum Gasteiger partial charge on any atom is -0.336 e. The van der Waals surface area contributed by atoms with Gasteiger partial charge in [-0.3, -0.25) is 9.78 Å². The molecule has 0 N–H and O–H groups in total. The van der Waals surface area contributed by atoms with Gasteiger partial charge in [0.2, 0.25) is 5.91 Å². The third-order valence-electron chi connectivity index (χ3n) is 5.14. The van der Waals surface area contributed by atoms with Crippen LogP contribution in [0, 0.1) is 0 Å². The van der Waals surface area contributed by atoms with E-state index in [1.54, 1.807) is 6.20 Å². The Bertz CT molecular complexity index is 460. The van der Waals surface area contributed by atoms with Gasteiger partial charge in [-0.1, -0.05) is 64.4 Å². The highest BCUT2D eigenvalue weighted by molar-refractivity contribution is 5.77. The highest BCUT2D eigenvalue weighted by Gasteiger charge is 2.29. The molecular formula is C21H34N2O. The molecule has 3 heteroatoms. The summed E-state index contributed by atoms with van der Waals surface area (Å²) < 4.78 is 0. The summed E-state index contributed by atoms with van der Waals surface area (Å²) in [5, 5.41) is 0. The Morgan fingerprint density at radius 3 is 2.50 bits per heavy atom. The smallest absolute Gasteiger partial charge is 0.223 e. The van der Waals surface area contributed by atoms with E-state index in [4.69, 9.17) is 0 Å². The zero-order valence-electron chi connectivity index (χ0n) is 15.4. The summed E-state index contributed by atoms with van der Waals surface area (Å²) in [7, 11) is 0. The van der Waals surface area contributed by atoms with E-state index in [-0.39, 0.29) is 6.04 Å². The number of carbonyl (C=O) groups is 1. The van der Waals surface area contributed by atoms with Crippen molar-refractivity contribution in [3.05, 3.63) is 30.1 Å². The van der Waals surface area contributed by atoms with E-state index in [1.165, 1.54) is 56.9 Å². The molecule has 0 spiro atoms. The van der Waals surface area contributed by atoms with Crippen molar-refractivity contribution in [2.45, 2.75) is 90.0 Å². The van der Waals surface area contributed by atoms with Crippen LogP contribution >= 0.6 is 0 Å². The van der Waals surface area contributed by atoms with Crippen LogP contribution in [0.3, 0.4) is 0 Å². The molecule has 1 aromatic heterocycles. The van der Waals surface area contributed by atoms with Crippen LogP contribution in [0.5, 0.6) is 0 Å². The molecule has 134 valence electrons. The predicted octanol–water partition coefficient (Wildman–Crippen LogP) is 5.67. The minimum absolute atomic E-state index is 0.254. The van der Waals surface area contributed by atoms with E-state index in [0.717, 1.165) is 25.8 Å². The molecule has 24 heavy (non-hydrogen) atoms. The second-order valence-corrected chi connectivity index (χ2v) is 7.11. The first-order valence-electron chi connectivity index (χ1n) is 10.0. The maximum absolute atomic E-state index is 12.5. The number of hydrogen-bond donors (Lipinski definition) is 0. The van der Waals surface area contributed by atoms with Gasteiger partial charge in [0.25, 0.3) is 0 Å². The lowest BCUT2D eigenvalue weighted by molar-refractivity contribution is -0.132. The molecule has 1 fully saturated rings. The van der Waals surface area contributed by atoms with Crippen molar-refractivity contribution in [3.8, 4) is 0 Å². The van der Waals surface area contributed by atoms with Gasteiger partial charge >= 0.3 is 0 Å². The van der Waals surface area contributed by atoms with Crippen LogP contribution in [0.4, 0.5) is 0 Å².